The first-order valence-electron chi connectivity index (χ1n) is 5.60. The van der Waals surface area contributed by atoms with Crippen LogP contribution in [0.4, 0.5) is 13.2 Å². The minimum Gasteiger partial charge on any atom is -0.497 e. The van der Waals surface area contributed by atoms with E-state index in [4.69, 9.17) is 4.74 Å². The van der Waals surface area contributed by atoms with Gasteiger partial charge in [-0.05, 0) is 24.3 Å². The Bertz CT molecular complexity index is 647. The van der Waals surface area contributed by atoms with E-state index in [9.17, 15) is 18.3 Å². The molecule has 2 aromatic carbocycles. The summed E-state index contributed by atoms with van der Waals surface area (Å²) < 4.78 is 45.3. The number of benzene rings is 2. The molecule has 2 rings (SSSR count). The molecular weight excluding hydrogens is 337 g/mol. The van der Waals surface area contributed by atoms with Crippen molar-refractivity contribution in [3.05, 3.63) is 63.4 Å². The lowest BCUT2D eigenvalue weighted by molar-refractivity contribution is 0.211. The highest BCUT2D eigenvalue weighted by atomic mass is 79.9. The Balaban J connectivity index is 2.51. The molecule has 0 aliphatic rings. The minimum absolute atomic E-state index is 0.286. The molecule has 2 nitrogen and oxygen atoms in total. The highest BCUT2D eigenvalue weighted by Gasteiger charge is 2.22. The number of aliphatic hydroxyl groups excluding tert-OH is 1. The van der Waals surface area contributed by atoms with Crippen LogP contribution in [0.15, 0.2) is 34.8 Å². The van der Waals surface area contributed by atoms with Crippen molar-refractivity contribution < 1.29 is 23.0 Å². The van der Waals surface area contributed by atoms with Crippen molar-refractivity contribution in [1.29, 1.82) is 0 Å². The van der Waals surface area contributed by atoms with Crippen molar-refractivity contribution >= 4 is 15.9 Å². The Labute approximate surface area is 121 Å². The Morgan fingerprint density at radius 2 is 1.75 bits per heavy atom. The molecule has 2 aromatic rings. The van der Waals surface area contributed by atoms with E-state index in [1.807, 2.05) is 0 Å². The predicted octanol–water partition coefficient (Wildman–Crippen LogP) is 3.96. The average molecular weight is 347 g/mol. The third-order valence-electron chi connectivity index (χ3n) is 2.86. The van der Waals surface area contributed by atoms with Crippen molar-refractivity contribution in [3.8, 4) is 5.75 Å². The monoisotopic (exact) mass is 346 g/mol. The highest BCUT2D eigenvalue weighted by molar-refractivity contribution is 9.10. The van der Waals surface area contributed by atoms with Crippen molar-refractivity contribution in [1.82, 2.24) is 0 Å². The van der Waals surface area contributed by atoms with Crippen molar-refractivity contribution in [3.63, 3.8) is 0 Å². The van der Waals surface area contributed by atoms with E-state index in [-0.39, 0.29) is 11.1 Å². The molecule has 1 atom stereocenters. The molecule has 0 bridgehead atoms. The molecule has 0 spiro atoms. The van der Waals surface area contributed by atoms with Crippen LogP contribution >= 0.6 is 15.9 Å². The topological polar surface area (TPSA) is 29.5 Å². The summed E-state index contributed by atoms with van der Waals surface area (Å²) in [5.74, 6) is -3.87. The summed E-state index contributed by atoms with van der Waals surface area (Å²) >= 11 is 3.21. The zero-order valence-corrected chi connectivity index (χ0v) is 11.9. The Kier molecular flexibility index (Phi) is 4.35. The maximum atomic E-state index is 13.7. The second kappa shape index (κ2) is 5.85. The lowest BCUT2D eigenvalue weighted by Crippen LogP contribution is -2.06. The fraction of sp³-hybridized carbons (Fsp3) is 0.143. The third kappa shape index (κ3) is 2.66. The van der Waals surface area contributed by atoms with E-state index < -0.39 is 23.6 Å². The number of hydrogen-bond donors (Lipinski definition) is 1. The summed E-state index contributed by atoms with van der Waals surface area (Å²) in [4.78, 5) is 0. The molecule has 0 aliphatic heterocycles. The van der Waals surface area contributed by atoms with Gasteiger partial charge >= 0.3 is 0 Å². The zero-order valence-electron chi connectivity index (χ0n) is 10.3. The van der Waals surface area contributed by atoms with Crippen LogP contribution in [-0.4, -0.2) is 12.2 Å². The fourth-order valence-corrected chi connectivity index (χ4v) is 2.24. The second-order valence-electron chi connectivity index (χ2n) is 4.05. The highest BCUT2D eigenvalue weighted by Crippen LogP contribution is 2.33. The van der Waals surface area contributed by atoms with Gasteiger partial charge in [-0.2, -0.15) is 0 Å². The third-order valence-corrected chi connectivity index (χ3v) is 3.58. The molecule has 106 valence electrons. The second-order valence-corrected chi connectivity index (χ2v) is 4.91. The molecule has 0 heterocycles. The number of halogens is 4. The van der Waals surface area contributed by atoms with Crippen LogP contribution in [0.1, 0.15) is 17.2 Å². The Hall–Kier alpha value is -1.53. The standard InChI is InChI=1S/C14H10BrF3O2/c1-20-7-2-4-10(15)9(6-7)14(19)8-3-5-11(16)13(18)12(8)17/h2-6,14,19H,1H3. The number of rotatable bonds is 3. The van der Waals surface area contributed by atoms with Crippen LogP contribution < -0.4 is 4.74 Å². The smallest absolute Gasteiger partial charge is 0.194 e. The van der Waals surface area contributed by atoms with Gasteiger partial charge in [0.2, 0.25) is 0 Å². The van der Waals surface area contributed by atoms with E-state index in [2.05, 4.69) is 15.9 Å². The fourth-order valence-electron chi connectivity index (χ4n) is 1.78. The summed E-state index contributed by atoms with van der Waals surface area (Å²) in [6, 6.07) is 6.50. The summed E-state index contributed by atoms with van der Waals surface area (Å²) in [6.45, 7) is 0. The predicted molar refractivity (Wildman–Crippen MR) is 71.1 cm³/mol. The van der Waals surface area contributed by atoms with Crippen molar-refractivity contribution in [2.75, 3.05) is 7.11 Å². The molecule has 0 radical (unpaired) electrons. The van der Waals surface area contributed by atoms with Crippen LogP contribution in [0, 0.1) is 17.5 Å². The molecule has 6 heteroatoms. The van der Waals surface area contributed by atoms with Crippen molar-refractivity contribution in [2.24, 2.45) is 0 Å². The van der Waals surface area contributed by atoms with E-state index in [0.29, 0.717) is 10.2 Å². The summed E-state index contributed by atoms with van der Waals surface area (Å²) in [5, 5.41) is 10.2. The van der Waals surface area contributed by atoms with Crippen LogP contribution in [0.3, 0.4) is 0 Å². The van der Waals surface area contributed by atoms with Crippen LogP contribution in [-0.2, 0) is 0 Å². The van der Waals surface area contributed by atoms with Gasteiger partial charge in [0, 0.05) is 15.6 Å². The lowest BCUT2D eigenvalue weighted by Gasteiger charge is -2.15. The van der Waals surface area contributed by atoms with E-state index in [1.165, 1.54) is 13.2 Å². The zero-order chi connectivity index (χ0) is 14.9. The van der Waals surface area contributed by atoms with Crippen LogP contribution in [0.5, 0.6) is 5.75 Å². The van der Waals surface area contributed by atoms with Gasteiger partial charge in [-0.15, -0.1) is 0 Å². The number of hydrogen-bond acceptors (Lipinski definition) is 2. The average Bonchev–Trinajstić information content (AvgIpc) is 2.45. The Morgan fingerprint density at radius 1 is 1.05 bits per heavy atom. The van der Waals surface area contributed by atoms with Gasteiger partial charge in [0.15, 0.2) is 17.5 Å². The molecule has 0 saturated heterocycles. The first-order valence-corrected chi connectivity index (χ1v) is 6.40. The summed E-state index contributed by atoms with van der Waals surface area (Å²) in [7, 11) is 1.44. The summed E-state index contributed by atoms with van der Waals surface area (Å²) in [6.07, 6.45) is -1.45. The van der Waals surface area contributed by atoms with E-state index in [0.717, 1.165) is 12.1 Å². The number of ether oxygens (including phenoxy) is 1. The van der Waals surface area contributed by atoms with Gasteiger partial charge in [0.1, 0.15) is 11.9 Å². The van der Waals surface area contributed by atoms with E-state index >= 15 is 0 Å². The van der Waals surface area contributed by atoms with Gasteiger partial charge in [-0.25, -0.2) is 13.2 Å². The number of methoxy groups -OCH3 is 1. The largest absolute Gasteiger partial charge is 0.497 e. The van der Waals surface area contributed by atoms with Gasteiger partial charge in [-0.3, -0.25) is 0 Å². The molecule has 20 heavy (non-hydrogen) atoms. The van der Waals surface area contributed by atoms with Gasteiger partial charge in [0.05, 0.1) is 7.11 Å². The minimum atomic E-state index is -1.61. The summed E-state index contributed by atoms with van der Waals surface area (Å²) in [5.41, 5.74) is -0.0629. The molecule has 0 aromatic heterocycles. The molecule has 0 saturated carbocycles. The van der Waals surface area contributed by atoms with Crippen LogP contribution in [0.2, 0.25) is 0 Å². The lowest BCUT2D eigenvalue weighted by atomic mass is 10.0. The van der Waals surface area contributed by atoms with Gasteiger partial charge < -0.3 is 9.84 Å². The quantitative estimate of drug-likeness (QED) is 0.852. The maximum absolute atomic E-state index is 13.7. The SMILES string of the molecule is COc1ccc(Br)c(C(O)c2ccc(F)c(F)c2F)c1. The molecule has 1 unspecified atom stereocenters. The van der Waals surface area contributed by atoms with Gasteiger partial charge in [0.25, 0.3) is 0 Å². The molecule has 0 aliphatic carbocycles. The van der Waals surface area contributed by atoms with Crippen LogP contribution in [0.25, 0.3) is 0 Å². The molecule has 1 N–H and O–H groups in total. The first kappa shape index (κ1) is 14.9. The maximum Gasteiger partial charge on any atom is 0.194 e. The first-order chi connectivity index (χ1) is 9.45. The number of aliphatic hydroxyl groups is 1. The Morgan fingerprint density at radius 3 is 2.40 bits per heavy atom. The molecular formula is C14H10BrF3O2. The normalized spacial score (nSPS) is 12.3. The molecule has 0 amide bonds. The molecule has 0 fully saturated rings. The van der Waals surface area contributed by atoms with E-state index in [1.54, 1.807) is 12.1 Å². The van der Waals surface area contributed by atoms with Gasteiger partial charge in [-0.1, -0.05) is 22.0 Å². The van der Waals surface area contributed by atoms with Crippen molar-refractivity contribution in [2.45, 2.75) is 6.10 Å².